The first-order chi connectivity index (χ1) is 32.1. The van der Waals surface area contributed by atoms with E-state index in [4.69, 9.17) is 15.0 Å². The second-order valence-corrected chi connectivity index (χ2v) is 17.2. The summed E-state index contributed by atoms with van der Waals surface area (Å²) in [5.41, 5.74) is 11.7. The fourth-order valence-electron chi connectivity index (χ4n) is 10.2. The van der Waals surface area contributed by atoms with Crippen LogP contribution in [-0.4, -0.2) is 21.0 Å². The molecule has 9 aromatic carbocycles. The Hall–Kier alpha value is -8.47. The largest absolute Gasteiger partial charge is 0.322 e. The Labute approximate surface area is 376 Å². The van der Waals surface area contributed by atoms with Crippen molar-refractivity contribution in [3.05, 3.63) is 224 Å². The van der Waals surface area contributed by atoms with Crippen molar-refractivity contribution >= 4 is 65.8 Å². The molecule has 11 aromatic rings. The standard InChI is InChI=1S/C61H40N4/c1-38-34-55-51-22-10-11-23-52(51)59(64-61(55)65-33-13-12-24-58(38)65)42-31-27-40(28-32-42)39-25-29-41(30-26-39)56-37-57(53-35-43-14-2-4-16-45(43)47-18-6-8-20-49(47)53)63-60(62-56)54-36-44-15-3-5-17-46(44)48-19-7-9-21-50(48)54/h2-37,58H,1H3. The predicted molar refractivity (Wildman–Crippen MR) is 273 cm³/mol. The van der Waals surface area contributed by atoms with Gasteiger partial charge in [-0.05, 0) is 102 Å². The highest BCUT2D eigenvalue weighted by Crippen LogP contribution is 2.43. The van der Waals surface area contributed by atoms with Gasteiger partial charge >= 0.3 is 0 Å². The van der Waals surface area contributed by atoms with Crippen LogP contribution in [0.25, 0.3) is 116 Å². The van der Waals surface area contributed by atoms with Gasteiger partial charge in [0.2, 0.25) is 0 Å². The van der Waals surface area contributed by atoms with Crippen molar-refractivity contribution in [2.75, 3.05) is 4.90 Å². The van der Waals surface area contributed by atoms with Gasteiger partial charge in [0.1, 0.15) is 5.82 Å². The van der Waals surface area contributed by atoms with E-state index >= 15 is 0 Å². The summed E-state index contributed by atoms with van der Waals surface area (Å²) in [5.74, 6) is 1.70. The van der Waals surface area contributed by atoms with E-state index < -0.39 is 0 Å². The number of anilines is 1. The maximum Gasteiger partial charge on any atom is 0.161 e. The van der Waals surface area contributed by atoms with Gasteiger partial charge < -0.3 is 4.90 Å². The van der Waals surface area contributed by atoms with Crippen LogP contribution in [0.15, 0.2) is 218 Å². The Balaban J connectivity index is 0.920. The zero-order valence-electron chi connectivity index (χ0n) is 35.7. The van der Waals surface area contributed by atoms with Gasteiger partial charge in [-0.2, -0.15) is 0 Å². The average molecular weight is 829 g/mol. The quantitative estimate of drug-likeness (QED) is 0.162. The molecule has 4 nitrogen and oxygen atoms in total. The minimum absolute atomic E-state index is 0.178. The molecule has 1 unspecified atom stereocenters. The van der Waals surface area contributed by atoms with E-state index in [1.54, 1.807) is 0 Å². The van der Waals surface area contributed by atoms with Crippen LogP contribution in [0.2, 0.25) is 0 Å². The lowest BCUT2D eigenvalue weighted by molar-refractivity contribution is 0.848. The molecule has 0 aliphatic carbocycles. The SMILES string of the molecule is CC1=Cc2c(nc(-c3ccc(-c4ccc(-c5cc(-c6cc7ccccc7c7ccccc67)nc(-c6cc7ccccc7c7ccccc67)n5)cc4)cc3)c3ccccc23)N2C=CC=CC12. The molecule has 0 amide bonds. The molecule has 0 saturated heterocycles. The van der Waals surface area contributed by atoms with Gasteiger partial charge in [-0.25, -0.2) is 15.0 Å². The molecule has 0 radical (unpaired) electrons. The van der Waals surface area contributed by atoms with Crippen LogP contribution in [0.4, 0.5) is 5.82 Å². The van der Waals surface area contributed by atoms with Crippen LogP contribution in [-0.2, 0) is 0 Å². The molecule has 1 atom stereocenters. The molecule has 304 valence electrons. The summed E-state index contributed by atoms with van der Waals surface area (Å²) in [6, 6.07) is 67.7. The molecular weight excluding hydrogens is 789 g/mol. The number of allylic oxidation sites excluding steroid dienone is 2. The number of benzene rings is 9. The van der Waals surface area contributed by atoms with Crippen molar-refractivity contribution in [1.29, 1.82) is 0 Å². The number of hydrogen-bond donors (Lipinski definition) is 0. The highest BCUT2D eigenvalue weighted by molar-refractivity contribution is 6.15. The molecule has 0 bridgehead atoms. The van der Waals surface area contributed by atoms with Crippen LogP contribution in [0, 0.1) is 0 Å². The van der Waals surface area contributed by atoms with Gasteiger partial charge in [-0.1, -0.05) is 182 Å². The first kappa shape index (κ1) is 37.1. The average Bonchev–Trinajstić information content (AvgIpc) is 3.38. The van der Waals surface area contributed by atoms with Crippen LogP contribution in [0.1, 0.15) is 12.5 Å². The highest BCUT2D eigenvalue weighted by Gasteiger charge is 2.28. The van der Waals surface area contributed by atoms with E-state index in [1.807, 2.05) is 0 Å². The van der Waals surface area contributed by atoms with Crippen LogP contribution < -0.4 is 4.90 Å². The smallest absolute Gasteiger partial charge is 0.161 e. The van der Waals surface area contributed by atoms with Crippen molar-refractivity contribution in [3.63, 3.8) is 0 Å². The second kappa shape index (κ2) is 14.8. The third-order valence-corrected chi connectivity index (χ3v) is 13.4. The Morgan fingerprint density at radius 1 is 0.415 bits per heavy atom. The Bertz CT molecular complexity index is 3700. The van der Waals surface area contributed by atoms with Crippen LogP contribution in [0.5, 0.6) is 0 Å². The van der Waals surface area contributed by atoms with E-state index in [-0.39, 0.29) is 6.04 Å². The van der Waals surface area contributed by atoms with Crippen molar-refractivity contribution in [1.82, 2.24) is 15.0 Å². The second-order valence-electron chi connectivity index (χ2n) is 17.2. The van der Waals surface area contributed by atoms with E-state index in [0.717, 1.165) is 72.4 Å². The van der Waals surface area contributed by atoms with Crippen LogP contribution >= 0.6 is 0 Å². The number of aromatic nitrogens is 3. The third kappa shape index (κ3) is 6.10. The summed E-state index contributed by atoms with van der Waals surface area (Å²) in [6.07, 6.45) is 10.9. The van der Waals surface area contributed by atoms with Crippen molar-refractivity contribution in [2.24, 2.45) is 0 Å². The molecule has 65 heavy (non-hydrogen) atoms. The van der Waals surface area contributed by atoms with Crippen molar-refractivity contribution in [3.8, 4) is 56.3 Å². The minimum atomic E-state index is 0.178. The maximum absolute atomic E-state index is 5.45. The number of fused-ring (bicyclic) bond motifs is 11. The summed E-state index contributed by atoms with van der Waals surface area (Å²) in [7, 11) is 0. The lowest BCUT2D eigenvalue weighted by atomic mass is 9.92. The minimum Gasteiger partial charge on any atom is -0.322 e. The maximum atomic E-state index is 5.45. The predicted octanol–water partition coefficient (Wildman–Crippen LogP) is 15.6. The van der Waals surface area contributed by atoms with Crippen molar-refractivity contribution in [2.45, 2.75) is 13.0 Å². The Kier molecular flexibility index (Phi) is 8.47. The topological polar surface area (TPSA) is 41.9 Å². The van der Waals surface area contributed by atoms with Gasteiger partial charge in [-0.15, -0.1) is 0 Å². The lowest BCUT2D eigenvalue weighted by Gasteiger charge is -2.35. The molecular formula is C61H40N4. The summed E-state index contributed by atoms with van der Waals surface area (Å²) in [6.45, 7) is 2.21. The van der Waals surface area contributed by atoms with Gasteiger partial charge in [0.25, 0.3) is 0 Å². The molecule has 2 aromatic heterocycles. The lowest BCUT2D eigenvalue weighted by Crippen LogP contribution is -2.34. The van der Waals surface area contributed by atoms with Crippen LogP contribution in [0.3, 0.4) is 0 Å². The van der Waals surface area contributed by atoms with Gasteiger partial charge in [0.05, 0.1) is 23.1 Å². The molecule has 2 aliphatic heterocycles. The molecule has 13 rings (SSSR count). The molecule has 4 heteroatoms. The zero-order valence-corrected chi connectivity index (χ0v) is 35.7. The first-order valence-corrected chi connectivity index (χ1v) is 22.3. The summed E-state index contributed by atoms with van der Waals surface area (Å²) >= 11 is 0. The van der Waals surface area contributed by atoms with Gasteiger partial charge in [0, 0.05) is 39.4 Å². The number of nitrogens with zero attached hydrogens (tertiary/aromatic N) is 4. The monoisotopic (exact) mass is 828 g/mol. The summed E-state index contributed by atoms with van der Waals surface area (Å²) in [5, 5.41) is 11.9. The highest BCUT2D eigenvalue weighted by atomic mass is 15.2. The normalized spacial score (nSPS) is 14.3. The fraction of sp³-hybridized carbons (Fsp3) is 0.0328. The number of hydrogen-bond acceptors (Lipinski definition) is 4. The van der Waals surface area contributed by atoms with Gasteiger partial charge in [0.15, 0.2) is 5.82 Å². The molecule has 0 spiro atoms. The first-order valence-electron chi connectivity index (χ1n) is 22.3. The summed E-state index contributed by atoms with van der Waals surface area (Å²) < 4.78 is 0. The van der Waals surface area contributed by atoms with E-state index in [0.29, 0.717) is 5.82 Å². The molecule has 0 fully saturated rings. The number of pyridine rings is 1. The molecule has 0 N–H and O–H groups in total. The van der Waals surface area contributed by atoms with E-state index in [2.05, 4.69) is 230 Å². The van der Waals surface area contributed by atoms with E-state index in [9.17, 15) is 0 Å². The Morgan fingerprint density at radius 3 is 1.58 bits per heavy atom. The molecule has 0 saturated carbocycles. The fourth-order valence-corrected chi connectivity index (χ4v) is 10.2. The molecule has 2 aliphatic rings. The van der Waals surface area contributed by atoms with Crippen molar-refractivity contribution < 1.29 is 0 Å². The summed E-state index contributed by atoms with van der Waals surface area (Å²) in [4.78, 5) is 18.5. The molecule has 4 heterocycles. The third-order valence-electron chi connectivity index (χ3n) is 13.4. The Morgan fingerprint density at radius 2 is 0.923 bits per heavy atom. The number of rotatable bonds is 5. The van der Waals surface area contributed by atoms with E-state index in [1.165, 1.54) is 48.8 Å². The zero-order chi connectivity index (χ0) is 43.0. The van der Waals surface area contributed by atoms with Gasteiger partial charge in [-0.3, -0.25) is 0 Å².